The second kappa shape index (κ2) is 16.7. The van der Waals surface area contributed by atoms with Crippen molar-refractivity contribution < 1.29 is 29.3 Å². The average Bonchev–Trinajstić information content (AvgIpc) is 3.16. The molecule has 4 unspecified atom stereocenters. The Balaban J connectivity index is 1.19. The van der Waals surface area contributed by atoms with Crippen LogP contribution < -0.4 is 10.6 Å². The zero-order valence-corrected chi connectivity index (χ0v) is 28.5. The second-order valence-electron chi connectivity index (χ2n) is 12.3. The monoisotopic (exact) mass is 688 g/mol. The molecule has 0 saturated carbocycles. The zero-order chi connectivity index (χ0) is 34.9. The van der Waals surface area contributed by atoms with Crippen LogP contribution in [0.2, 0.25) is 0 Å². The number of ether oxygens (including phenoxy) is 2. The van der Waals surface area contributed by atoms with E-state index in [9.17, 15) is 19.8 Å². The number of carboxylic acid groups (broad SMARTS) is 1. The minimum atomic E-state index is -0.961. The lowest BCUT2D eigenvalue weighted by Crippen LogP contribution is -2.38. The van der Waals surface area contributed by atoms with Gasteiger partial charge in [-0.05, 0) is 57.6 Å². The van der Waals surface area contributed by atoms with E-state index in [1.165, 1.54) is 11.8 Å². The molecule has 1 fully saturated rings. The van der Waals surface area contributed by atoms with Crippen molar-refractivity contribution in [3.8, 4) is 11.1 Å². The van der Waals surface area contributed by atoms with E-state index < -0.39 is 12.3 Å². The minimum Gasteiger partial charge on any atom is -0.478 e. The lowest BCUT2D eigenvalue weighted by atomic mass is 9.91. The molecule has 0 aromatic heterocycles. The first-order chi connectivity index (χ1) is 24.4. The molecule has 5 aromatic rings. The van der Waals surface area contributed by atoms with Crippen molar-refractivity contribution in [3.05, 3.63) is 161 Å². The summed E-state index contributed by atoms with van der Waals surface area (Å²) in [6.07, 6.45) is -1.23. The van der Waals surface area contributed by atoms with Gasteiger partial charge in [-0.25, -0.2) is 9.59 Å². The molecule has 1 aliphatic rings. The summed E-state index contributed by atoms with van der Waals surface area (Å²) in [7, 11) is 0. The van der Waals surface area contributed by atoms with Crippen LogP contribution in [0.3, 0.4) is 0 Å². The highest BCUT2D eigenvalue weighted by Gasteiger charge is 2.38. The van der Waals surface area contributed by atoms with Gasteiger partial charge in [-0.1, -0.05) is 110 Å². The Labute approximate surface area is 296 Å². The van der Waals surface area contributed by atoms with Gasteiger partial charge in [0.15, 0.2) is 6.29 Å². The van der Waals surface area contributed by atoms with Gasteiger partial charge in [0.05, 0.1) is 24.4 Å². The van der Waals surface area contributed by atoms with Crippen LogP contribution in [-0.4, -0.2) is 34.1 Å². The highest BCUT2D eigenvalue weighted by atomic mass is 32.2. The van der Waals surface area contributed by atoms with Crippen molar-refractivity contribution in [2.75, 3.05) is 5.75 Å². The van der Waals surface area contributed by atoms with Crippen LogP contribution in [-0.2, 0) is 29.2 Å². The van der Waals surface area contributed by atoms with Gasteiger partial charge in [-0.3, -0.25) is 0 Å². The maximum absolute atomic E-state index is 12.5. The summed E-state index contributed by atoms with van der Waals surface area (Å²) < 4.78 is 13.3. The molecule has 1 saturated heterocycles. The number of carboxylic acids is 1. The number of urea groups is 1. The number of hydrogen-bond donors (Lipinski definition) is 4. The number of rotatable bonds is 12. The molecular weight excluding hydrogens is 649 g/mol. The first-order valence-corrected chi connectivity index (χ1v) is 17.6. The third kappa shape index (κ3) is 8.80. The maximum atomic E-state index is 12.5. The van der Waals surface area contributed by atoms with Gasteiger partial charge in [0, 0.05) is 35.2 Å². The van der Waals surface area contributed by atoms with E-state index >= 15 is 0 Å². The number of carbonyl (C=O) groups is 2. The largest absolute Gasteiger partial charge is 0.478 e. The fourth-order valence-electron chi connectivity index (χ4n) is 6.00. The fraction of sp³-hybridized carbons (Fsp3) is 0.220. The van der Waals surface area contributed by atoms with Crippen LogP contribution in [0.1, 0.15) is 57.5 Å². The molecule has 5 aromatic carbocycles. The number of thioether (sulfide) groups is 1. The Morgan fingerprint density at radius 3 is 2.10 bits per heavy atom. The summed E-state index contributed by atoms with van der Waals surface area (Å²) in [6, 6.07) is 40.4. The molecule has 8 nitrogen and oxygen atoms in total. The van der Waals surface area contributed by atoms with Crippen LogP contribution in [0, 0.1) is 5.92 Å². The SMILES string of the molecule is CC1C(CSc2ccccc2C(=O)O)OC(c2cccc(-c3cccc(CNC(=O)NCc4ccccc4)c3)c2)OC1c1ccc(CO)cc1. The number of amides is 2. The summed E-state index contributed by atoms with van der Waals surface area (Å²) in [5.41, 5.74) is 6.89. The van der Waals surface area contributed by atoms with Crippen molar-refractivity contribution in [2.24, 2.45) is 5.92 Å². The first-order valence-electron chi connectivity index (χ1n) is 16.6. The molecule has 4 N–H and O–H groups in total. The molecule has 0 spiro atoms. The van der Waals surface area contributed by atoms with Crippen LogP contribution in [0.5, 0.6) is 0 Å². The standard InChI is InChI=1S/C41H40N2O6S/c1-27-36(26-50-37-16-6-5-15-35(37)39(45)46)48-40(49-38(27)31-19-17-29(25-44)18-20-31)34-14-8-13-33(22-34)32-12-7-11-30(21-32)24-43-41(47)42-23-28-9-3-2-4-10-28/h2-22,27,36,38,40,44H,23-26H2,1H3,(H,45,46)(H2,42,43,47). The van der Waals surface area contributed by atoms with Gasteiger partial charge in [-0.15, -0.1) is 11.8 Å². The summed E-state index contributed by atoms with van der Waals surface area (Å²) in [5.74, 6) is -0.478. The van der Waals surface area contributed by atoms with E-state index in [-0.39, 0.29) is 36.3 Å². The van der Waals surface area contributed by atoms with Gasteiger partial charge in [0.2, 0.25) is 0 Å². The van der Waals surface area contributed by atoms with Crippen molar-refractivity contribution in [1.29, 1.82) is 0 Å². The molecule has 0 radical (unpaired) electrons. The number of hydrogen-bond acceptors (Lipinski definition) is 6. The third-order valence-corrected chi connectivity index (χ3v) is 9.97. The summed E-state index contributed by atoms with van der Waals surface area (Å²) in [4.78, 5) is 25.0. The predicted molar refractivity (Wildman–Crippen MR) is 194 cm³/mol. The number of nitrogens with one attached hydrogen (secondary N) is 2. The van der Waals surface area contributed by atoms with Gasteiger partial charge in [0.25, 0.3) is 0 Å². The fourth-order valence-corrected chi connectivity index (χ4v) is 7.21. The molecule has 1 aliphatic heterocycles. The number of aliphatic hydroxyl groups excluding tert-OH is 1. The molecule has 9 heteroatoms. The molecule has 50 heavy (non-hydrogen) atoms. The van der Waals surface area contributed by atoms with Gasteiger partial charge in [-0.2, -0.15) is 0 Å². The quantitative estimate of drug-likeness (QED) is 0.0979. The van der Waals surface area contributed by atoms with Gasteiger partial charge >= 0.3 is 12.0 Å². The summed E-state index contributed by atoms with van der Waals surface area (Å²) >= 11 is 1.47. The van der Waals surface area contributed by atoms with Crippen molar-refractivity contribution >= 4 is 23.8 Å². The normalized spacial score (nSPS) is 18.7. The molecule has 2 amide bonds. The van der Waals surface area contributed by atoms with E-state index in [2.05, 4.69) is 29.7 Å². The minimum absolute atomic E-state index is 0.0408. The smallest absolute Gasteiger partial charge is 0.336 e. The second-order valence-corrected chi connectivity index (χ2v) is 13.3. The number of benzene rings is 5. The Morgan fingerprint density at radius 2 is 1.36 bits per heavy atom. The van der Waals surface area contributed by atoms with Gasteiger partial charge in [0.1, 0.15) is 0 Å². The average molecular weight is 689 g/mol. The Hall–Kier alpha value is -4.93. The molecule has 0 bridgehead atoms. The van der Waals surface area contributed by atoms with Crippen LogP contribution in [0.4, 0.5) is 4.79 Å². The maximum Gasteiger partial charge on any atom is 0.336 e. The molecule has 0 aliphatic carbocycles. The van der Waals surface area contributed by atoms with E-state index in [1.807, 2.05) is 103 Å². The highest BCUT2D eigenvalue weighted by molar-refractivity contribution is 7.99. The first kappa shape index (κ1) is 34.9. The topological polar surface area (TPSA) is 117 Å². The van der Waals surface area contributed by atoms with Crippen molar-refractivity contribution in [1.82, 2.24) is 10.6 Å². The lowest BCUT2D eigenvalue weighted by molar-refractivity contribution is -0.268. The van der Waals surface area contributed by atoms with E-state index in [1.54, 1.807) is 12.1 Å². The summed E-state index contributed by atoms with van der Waals surface area (Å²) in [5, 5.41) is 25.2. The third-order valence-electron chi connectivity index (χ3n) is 8.81. The molecule has 4 atom stereocenters. The van der Waals surface area contributed by atoms with Crippen LogP contribution in [0.15, 0.2) is 132 Å². The molecule has 6 rings (SSSR count). The lowest BCUT2D eigenvalue weighted by Gasteiger charge is -2.41. The molecule has 256 valence electrons. The number of aromatic carboxylic acids is 1. The Kier molecular flexibility index (Phi) is 11.6. The summed E-state index contributed by atoms with van der Waals surface area (Å²) in [6.45, 7) is 2.88. The number of carbonyl (C=O) groups excluding carboxylic acids is 1. The highest BCUT2D eigenvalue weighted by Crippen LogP contribution is 2.43. The van der Waals surface area contributed by atoms with Crippen molar-refractivity contribution in [3.63, 3.8) is 0 Å². The zero-order valence-electron chi connectivity index (χ0n) is 27.7. The van der Waals surface area contributed by atoms with Crippen molar-refractivity contribution in [2.45, 2.75) is 50.0 Å². The van der Waals surface area contributed by atoms with E-state index in [0.29, 0.717) is 23.7 Å². The Bertz CT molecular complexity index is 1900. The molecule has 1 heterocycles. The molecular formula is C41H40N2O6S. The van der Waals surface area contributed by atoms with Crippen LogP contribution >= 0.6 is 11.8 Å². The number of aliphatic hydroxyl groups is 1. The van der Waals surface area contributed by atoms with E-state index in [0.717, 1.165) is 38.9 Å². The predicted octanol–water partition coefficient (Wildman–Crippen LogP) is 8.13. The van der Waals surface area contributed by atoms with Crippen LogP contribution in [0.25, 0.3) is 11.1 Å². The van der Waals surface area contributed by atoms with E-state index in [4.69, 9.17) is 9.47 Å². The Morgan fingerprint density at radius 1 is 0.700 bits per heavy atom. The van der Waals surface area contributed by atoms with Gasteiger partial charge < -0.3 is 30.3 Å².